The van der Waals surface area contributed by atoms with Gasteiger partial charge in [-0.3, -0.25) is 5.32 Å². The summed E-state index contributed by atoms with van der Waals surface area (Å²) in [7, 11) is 0. The molecule has 2 rings (SSSR count). The number of nitrogens with zero attached hydrogens (tertiary/aromatic N) is 1. The molecule has 5 heteroatoms. The van der Waals surface area contributed by atoms with Gasteiger partial charge in [0.1, 0.15) is 12.8 Å². The van der Waals surface area contributed by atoms with Crippen LogP contribution in [-0.2, 0) is 11.3 Å². The summed E-state index contributed by atoms with van der Waals surface area (Å²) < 4.78 is 5.26. The van der Waals surface area contributed by atoms with E-state index in [0.29, 0.717) is 24.1 Å². The van der Waals surface area contributed by atoms with Crippen molar-refractivity contribution in [1.82, 2.24) is 5.32 Å². The zero-order valence-corrected chi connectivity index (χ0v) is 12.6. The molecule has 23 heavy (non-hydrogen) atoms. The first-order valence-corrected chi connectivity index (χ1v) is 7.30. The van der Waals surface area contributed by atoms with Gasteiger partial charge in [0.05, 0.1) is 11.6 Å². The van der Waals surface area contributed by atoms with Crippen molar-refractivity contribution in [3.8, 4) is 6.07 Å². The van der Waals surface area contributed by atoms with Crippen molar-refractivity contribution >= 4 is 5.97 Å². The Hall–Kier alpha value is -2.68. The van der Waals surface area contributed by atoms with Gasteiger partial charge in [-0.15, -0.1) is 0 Å². The predicted octanol–water partition coefficient (Wildman–Crippen LogP) is 2.54. The van der Waals surface area contributed by atoms with Crippen molar-refractivity contribution in [2.75, 3.05) is 6.54 Å². The Morgan fingerprint density at radius 2 is 2.00 bits per heavy atom. The Kier molecular flexibility index (Phi) is 6.30. The van der Waals surface area contributed by atoms with Gasteiger partial charge in [-0.05, 0) is 23.3 Å². The van der Waals surface area contributed by atoms with E-state index < -0.39 is 12.2 Å². The maximum absolute atomic E-state index is 12.1. The molecular weight excluding hydrogens is 292 g/mol. The van der Waals surface area contributed by atoms with Gasteiger partial charge < -0.3 is 9.84 Å². The zero-order valence-electron chi connectivity index (χ0n) is 12.6. The first kappa shape index (κ1) is 16.7. The van der Waals surface area contributed by atoms with Crippen molar-refractivity contribution in [1.29, 1.82) is 5.26 Å². The lowest BCUT2D eigenvalue weighted by molar-refractivity contribution is 0.0472. The van der Waals surface area contributed by atoms with Crippen LogP contribution in [0.15, 0.2) is 54.6 Å². The third-order valence-electron chi connectivity index (χ3n) is 3.23. The summed E-state index contributed by atoms with van der Waals surface area (Å²) in [5.41, 5.74) is 1.84. The third-order valence-corrected chi connectivity index (χ3v) is 3.23. The number of esters is 1. The quantitative estimate of drug-likeness (QED) is 0.466. The summed E-state index contributed by atoms with van der Waals surface area (Å²) >= 11 is 0. The molecule has 1 unspecified atom stereocenters. The molecule has 0 aliphatic carbocycles. The van der Waals surface area contributed by atoms with E-state index in [1.54, 1.807) is 24.3 Å². The molecule has 2 aromatic rings. The highest BCUT2D eigenvalue weighted by atomic mass is 16.5. The van der Waals surface area contributed by atoms with Crippen LogP contribution in [0.4, 0.5) is 0 Å². The molecule has 1 atom stereocenters. The van der Waals surface area contributed by atoms with Crippen molar-refractivity contribution in [2.45, 2.75) is 19.3 Å². The van der Waals surface area contributed by atoms with Crippen LogP contribution in [-0.4, -0.2) is 17.6 Å². The van der Waals surface area contributed by atoms with Gasteiger partial charge in [0, 0.05) is 13.0 Å². The molecule has 0 heterocycles. The van der Waals surface area contributed by atoms with Gasteiger partial charge in [0.25, 0.3) is 0 Å². The third kappa shape index (κ3) is 5.22. The Labute approximate surface area is 135 Å². The van der Waals surface area contributed by atoms with E-state index in [1.165, 1.54) is 0 Å². The summed E-state index contributed by atoms with van der Waals surface area (Å²) in [5.74, 6) is -0.445. The maximum Gasteiger partial charge on any atom is 0.338 e. The molecule has 118 valence electrons. The molecule has 0 fully saturated rings. The molecule has 0 radical (unpaired) electrons. The molecule has 0 bridgehead atoms. The van der Waals surface area contributed by atoms with Crippen LogP contribution >= 0.6 is 0 Å². The predicted molar refractivity (Wildman–Crippen MR) is 85.2 cm³/mol. The molecular formula is C18H18N2O3. The molecule has 0 amide bonds. The second-order valence-electron chi connectivity index (χ2n) is 4.95. The summed E-state index contributed by atoms with van der Waals surface area (Å²) in [6.07, 6.45) is -0.624. The SMILES string of the molecule is N#CCCNC(O)c1cccc(C(=O)OCc2ccccc2)c1. The molecule has 5 nitrogen and oxygen atoms in total. The van der Waals surface area contributed by atoms with Crippen LogP contribution in [0.3, 0.4) is 0 Å². The van der Waals surface area contributed by atoms with Crippen LogP contribution in [0.1, 0.15) is 34.1 Å². The fraction of sp³-hybridized carbons (Fsp3) is 0.222. The van der Waals surface area contributed by atoms with Crippen LogP contribution in [0.25, 0.3) is 0 Å². The molecule has 0 aliphatic heterocycles. The van der Waals surface area contributed by atoms with E-state index in [0.717, 1.165) is 5.56 Å². The minimum atomic E-state index is -0.926. The number of benzene rings is 2. The zero-order chi connectivity index (χ0) is 16.5. The second kappa shape index (κ2) is 8.69. The van der Waals surface area contributed by atoms with Crippen LogP contribution in [0.5, 0.6) is 0 Å². The average molecular weight is 310 g/mol. The van der Waals surface area contributed by atoms with E-state index in [9.17, 15) is 9.90 Å². The number of carbonyl (C=O) groups is 1. The first-order chi connectivity index (χ1) is 11.2. The first-order valence-electron chi connectivity index (χ1n) is 7.30. The largest absolute Gasteiger partial charge is 0.457 e. The lowest BCUT2D eigenvalue weighted by Gasteiger charge is -2.13. The van der Waals surface area contributed by atoms with Crippen LogP contribution < -0.4 is 5.32 Å². The Bertz CT molecular complexity index is 680. The fourth-order valence-electron chi connectivity index (χ4n) is 2.02. The topological polar surface area (TPSA) is 82.4 Å². The molecule has 0 saturated heterocycles. The highest BCUT2D eigenvalue weighted by Crippen LogP contribution is 2.14. The molecule has 2 aromatic carbocycles. The summed E-state index contributed by atoms with van der Waals surface area (Å²) in [6.45, 7) is 0.577. The minimum absolute atomic E-state index is 0.201. The molecule has 0 saturated carbocycles. The van der Waals surface area contributed by atoms with Crippen molar-refractivity contribution < 1.29 is 14.6 Å². The van der Waals surface area contributed by atoms with E-state index in [4.69, 9.17) is 10.00 Å². The van der Waals surface area contributed by atoms with Gasteiger partial charge in [0.15, 0.2) is 0 Å². The molecule has 0 aliphatic rings. The smallest absolute Gasteiger partial charge is 0.338 e. The number of hydrogen-bond donors (Lipinski definition) is 2. The average Bonchev–Trinajstić information content (AvgIpc) is 2.61. The normalized spacial score (nSPS) is 11.5. The standard InChI is InChI=1S/C18H18N2O3/c19-10-5-11-20-17(21)15-8-4-9-16(12-15)18(22)23-13-14-6-2-1-3-7-14/h1-4,6-9,12,17,20-21H,5,11,13H2. The number of aliphatic hydroxyl groups excluding tert-OH is 1. The number of nitrogens with one attached hydrogen (secondary N) is 1. The van der Waals surface area contributed by atoms with E-state index >= 15 is 0 Å². The number of nitriles is 1. The summed E-state index contributed by atoms with van der Waals surface area (Å²) in [5, 5.41) is 21.3. The van der Waals surface area contributed by atoms with Gasteiger partial charge in [-0.2, -0.15) is 5.26 Å². The lowest BCUT2D eigenvalue weighted by Crippen LogP contribution is -2.22. The van der Waals surface area contributed by atoms with Gasteiger partial charge in [0.2, 0.25) is 0 Å². The second-order valence-corrected chi connectivity index (χ2v) is 4.95. The highest BCUT2D eigenvalue weighted by molar-refractivity contribution is 5.89. The monoisotopic (exact) mass is 310 g/mol. The van der Waals surface area contributed by atoms with Gasteiger partial charge >= 0.3 is 5.97 Å². The van der Waals surface area contributed by atoms with Crippen LogP contribution in [0, 0.1) is 11.3 Å². The number of carbonyl (C=O) groups excluding carboxylic acids is 1. The lowest BCUT2D eigenvalue weighted by atomic mass is 10.1. The number of ether oxygens (including phenoxy) is 1. The Morgan fingerprint density at radius 1 is 1.22 bits per heavy atom. The molecule has 0 spiro atoms. The number of aliphatic hydroxyl groups is 1. The van der Waals surface area contributed by atoms with Gasteiger partial charge in [-0.1, -0.05) is 42.5 Å². The minimum Gasteiger partial charge on any atom is -0.457 e. The fourth-order valence-corrected chi connectivity index (χ4v) is 2.02. The Morgan fingerprint density at radius 3 is 2.74 bits per heavy atom. The molecule has 0 aromatic heterocycles. The van der Waals surface area contributed by atoms with Crippen molar-refractivity contribution in [3.63, 3.8) is 0 Å². The number of rotatable bonds is 7. The van der Waals surface area contributed by atoms with E-state index in [1.807, 2.05) is 36.4 Å². The Balaban J connectivity index is 1.95. The summed E-state index contributed by atoms with van der Waals surface area (Å²) in [4.78, 5) is 12.1. The number of hydrogen-bond acceptors (Lipinski definition) is 5. The van der Waals surface area contributed by atoms with Gasteiger partial charge in [-0.25, -0.2) is 4.79 Å². The summed E-state index contributed by atoms with van der Waals surface area (Å²) in [6, 6.07) is 18.0. The van der Waals surface area contributed by atoms with E-state index in [2.05, 4.69) is 5.32 Å². The highest BCUT2D eigenvalue weighted by Gasteiger charge is 2.12. The van der Waals surface area contributed by atoms with Crippen molar-refractivity contribution in [3.05, 3.63) is 71.3 Å². The van der Waals surface area contributed by atoms with Crippen molar-refractivity contribution in [2.24, 2.45) is 0 Å². The molecule has 2 N–H and O–H groups in total. The maximum atomic E-state index is 12.1. The van der Waals surface area contributed by atoms with E-state index in [-0.39, 0.29) is 6.61 Å². The van der Waals surface area contributed by atoms with Crippen LogP contribution in [0.2, 0.25) is 0 Å².